The Bertz CT molecular complexity index is 703. The second-order valence-electron chi connectivity index (χ2n) is 6.43. The molecule has 0 radical (unpaired) electrons. The number of carbonyl (C=O) groups excluding carboxylic acids is 1. The highest BCUT2D eigenvalue weighted by Gasteiger charge is 2.23. The highest BCUT2D eigenvalue weighted by atomic mass is 16.5. The minimum Gasteiger partial charge on any atom is -0.489 e. The van der Waals surface area contributed by atoms with Crippen molar-refractivity contribution in [2.45, 2.75) is 32.5 Å². The lowest BCUT2D eigenvalue weighted by Gasteiger charge is -2.20. The second-order valence-corrected chi connectivity index (χ2v) is 6.43. The van der Waals surface area contributed by atoms with Crippen LogP contribution in [0.2, 0.25) is 0 Å². The summed E-state index contributed by atoms with van der Waals surface area (Å²) in [5, 5.41) is 0. The van der Waals surface area contributed by atoms with Gasteiger partial charge in [0.2, 0.25) is 0 Å². The van der Waals surface area contributed by atoms with Gasteiger partial charge in [0.15, 0.2) is 0 Å². The van der Waals surface area contributed by atoms with Gasteiger partial charge in [-0.05, 0) is 31.9 Å². The molecule has 0 N–H and O–H groups in total. The van der Waals surface area contributed by atoms with Crippen LogP contribution in [-0.4, -0.2) is 41.6 Å². The molecule has 1 saturated heterocycles. The maximum absolute atomic E-state index is 12.8. The third-order valence-electron chi connectivity index (χ3n) is 4.13. The summed E-state index contributed by atoms with van der Waals surface area (Å²) in [7, 11) is 0. The van der Waals surface area contributed by atoms with E-state index in [1.165, 1.54) is 0 Å². The SMILES string of the molecule is CC(C)Oc1cncc(C(=O)N2CCOC(c3ccccc3)CC2)c1. The van der Waals surface area contributed by atoms with Gasteiger partial charge in [-0.1, -0.05) is 30.3 Å². The zero-order valence-electron chi connectivity index (χ0n) is 14.7. The van der Waals surface area contributed by atoms with Crippen molar-refractivity contribution in [2.75, 3.05) is 19.7 Å². The van der Waals surface area contributed by atoms with Crippen LogP contribution in [-0.2, 0) is 4.74 Å². The number of carbonyl (C=O) groups is 1. The Morgan fingerprint density at radius 3 is 2.80 bits per heavy atom. The Morgan fingerprint density at radius 2 is 2.04 bits per heavy atom. The molecule has 1 aliphatic rings. The van der Waals surface area contributed by atoms with Crippen molar-refractivity contribution in [3.8, 4) is 5.75 Å². The summed E-state index contributed by atoms with van der Waals surface area (Å²) in [6.45, 7) is 5.67. The van der Waals surface area contributed by atoms with E-state index in [-0.39, 0.29) is 18.1 Å². The summed E-state index contributed by atoms with van der Waals surface area (Å²) in [6, 6.07) is 11.9. The lowest BCUT2D eigenvalue weighted by atomic mass is 10.1. The zero-order valence-corrected chi connectivity index (χ0v) is 14.7. The first-order valence-electron chi connectivity index (χ1n) is 8.71. The molecular formula is C20H24N2O3. The molecule has 0 bridgehead atoms. The molecule has 3 rings (SSSR count). The molecule has 1 amide bonds. The highest BCUT2D eigenvalue weighted by Crippen LogP contribution is 2.24. The number of rotatable bonds is 4. The van der Waals surface area contributed by atoms with Gasteiger partial charge in [-0.3, -0.25) is 9.78 Å². The van der Waals surface area contributed by atoms with Crippen LogP contribution in [0, 0.1) is 0 Å². The maximum Gasteiger partial charge on any atom is 0.255 e. The first-order chi connectivity index (χ1) is 12.1. The Balaban J connectivity index is 1.67. The molecule has 5 heteroatoms. The number of aromatic nitrogens is 1. The number of hydrogen-bond donors (Lipinski definition) is 0. The summed E-state index contributed by atoms with van der Waals surface area (Å²) in [6.07, 6.45) is 4.09. The van der Waals surface area contributed by atoms with Crippen LogP contribution in [0.25, 0.3) is 0 Å². The second kappa shape index (κ2) is 8.12. The molecule has 1 fully saturated rings. The molecule has 1 aliphatic heterocycles. The number of hydrogen-bond acceptors (Lipinski definition) is 4. The zero-order chi connectivity index (χ0) is 17.6. The van der Waals surface area contributed by atoms with Crippen LogP contribution in [0.15, 0.2) is 48.8 Å². The smallest absolute Gasteiger partial charge is 0.255 e. The van der Waals surface area contributed by atoms with Crippen LogP contribution in [0.1, 0.15) is 42.3 Å². The standard InChI is InChI=1S/C20H24N2O3/c1-15(2)25-18-12-17(13-21-14-18)20(23)22-9-8-19(24-11-10-22)16-6-4-3-5-7-16/h3-7,12-15,19H,8-11H2,1-2H3. The molecule has 1 aromatic carbocycles. The fraction of sp³-hybridized carbons (Fsp3) is 0.400. The Labute approximate surface area is 148 Å². The average molecular weight is 340 g/mol. The van der Waals surface area contributed by atoms with Gasteiger partial charge in [0, 0.05) is 19.3 Å². The van der Waals surface area contributed by atoms with Gasteiger partial charge in [-0.25, -0.2) is 0 Å². The topological polar surface area (TPSA) is 51.7 Å². The molecule has 2 heterocycles. The van der Waals surface area contributed by atoms with Crippen molar-refractivity contribution in [3.63, 3.8) is 0 Å². The van der Waals surface area contributed by atoms with Crippen LogP contribution in [0.3, 0.4) is 0 Å². The van der Waals surface area contributed by atoms with E-state index in [0.717, 1.165) is 12.0 Å². The van der Waals surface area contributed by atoms with E-state index in [2.05, 4.69) is 17.1 Å². The lowest BCUT2D eigenvalue weighted by Crippen LogP contribution is -2.33. The Morgan fingerprint density at radius 1 is 1.24 bits per heavy atom. The molecule has 0 aliphatic carbocycles. The van der Waals surface area contributed by atoms with E-state index < -0.39 is 0 Å². The van der Waals surface area contributed by atoms with Gasteiger partial charge in [0.1, 0.15) is 5.75 Å². The predicted octanol–water partition coefficient (Wildman–Crippen LogP) is 3.47. The van der Waals surface area contributed by atoms with E-state index >= 15 is 0 Å². The van der Waals surface area contributed by atoms with Gasteiger partial charge in [-0.2, -0.15) is 0 Å². The third-order valence-corrected chi connectivity index (χ3v) is 4.13. The van der Waals surface area contributed by atoms with E-state index in [1.54, 1.807) is 18.5 Å². The van der Waals surface area contributed by atoms with Crippen molar-refractivity contribution >= 4 is 5.91 Å². The third kappa shape index (κ3) is 4.57. The summed E-state index contributed by atoms with van der Waals surface area (Å²) >= 11 is 0. The number of benzene rings is 1. The Kier molecular flexibility index (Phi) is 5.66. The maximum atomic E-state index is 12.8. The first kappa shape index (κ1) is 17.4. The van der Waals surface area contributed by atoms with Crippen LogP contribution >= 0.6 is 0 Å². The van der Waals surface area contributed by atoms with Crippen molar-refractivity contribution in [1.82, 2.24) is 9.88 Å². The molecule has 2 aromatic rings. The highest BCUT2D eigenvalue weighted by molar-refractivity contribution is 5.94. The molecule has 1 unspecified atom stereocenters. The van der Waals surface area contributed by atoms with E-state index in [4.69, 9.17) is 9.47 Å². The number of amides is 1. The quantitative estimate of drug-likeness (QED) is 0.855. The molecule has 0 saturated carbocycles. The number of ether oxygens (including phenoxy) is 2. The lowest BCUT2D eigenvalue weighted by molar-refractivity contribution is 0.0585. The minimum atomic E-state index is -0.0287. The summed E-state index contributed by atoms with van der Waals surface area (Å²) in [4.78, 5) is 18.8. The average Bonchev–Trinajstić information content (AvgIpc) is 2.88. The molecule has 132 valence electrons. The molecule has 1 aromatic heterocycles. The van der Waals surface area contributed by atoms with Gasteiger partial charge < -0.3 is 14.4 Å². The number of nitrogens with zero attached hydrogens (tertiary/aromatic N) is 2. The van der Waals surface area contributed by atoms with Crippen molar-refractivity contribution in [1.29, 1.82) is 0 Å². The van der Waals surface area contributed by atoms with Crippen molar-refractivity contribution in [3.05, 3.63) is 59.9 Å². The normalized spacial score (nSPS) is 18.0. The van der Waals surface area contributed by atoms with Gasteiger partial charge >= 0.3 is 0 Å². The molecule has 1 atom stereocenters. The molecular weight excluding hydrogens is 316 g/mol. The monoisotopic (exact) mass is 340 g/mol. The van der Waals surface area contributed by atoms with E-state index in [1.807, 2.05) is 36.9 Å². The molecule has 5 nitrogen and oxygen atoms in total. The van der Waals surface area contributed by atoms with Gasteiger partial charge in [0.25, 0.3) is 5.91 Å². The van der Waals surface area contributed by atoms with E-state index in [0.29, 0.717) is 31.0 Å². The fourth-order valence-electron chi connectivity index (χ4n) is 2.96. The number of pyridine rings is 1. The van der Waals surface area contributed by atoms with Crippen molar-refractivity contribution in [2.24, 2.45) is 0 Å². The summed E-state index contributed by atoms with van der Waals surface area (Å²) < 4.78 is 11.6. The minimum absolute atomic E-state index is 0.0287. The van der Waals surface area contributed by atoms with E-state index in [9.17, 15) is 4.79 Å². The fourth-order valence-corrected chi connectivity index (χ4v) is 2.96. The molecule has 0 spiro atoms. The van der Waals surface area contributed by atoms with Crippen LogP contribution in [0.4, 0.5) is 0 Å². The van der Waals surface area contributed by atoms with Crippen molar-refractivity contribution < 1.29 is 14.3 Å². The molecule has 25 heavy (non-hydrogen) atoms. The Hall–Kier alpha value is -2.40. The largest absolute Gasteiger partial charge is 0.489 e. The van der Waals surface area contributed by atoms with Gasteiger partial charge in [0.05, 0.1) is 30.6 Å². The van der Waals surface area contributed by atoms with Crippen LogP contribution < -0.4 is 4.74 Å². The summed E-state index contributed by atoms with van der Waals surface area (Å²) in [5.41, 5.74) is 1.71. The predicted molar refractivity (Wildman–Crippen MR) is 95.7 cm³/mol. The van der Waals surface area contributed by atoms with Crippen LogP contribution in [0.5, 0.6) is 5.75 Å². The first-order valence-corrected chi connectivity index (χ1v) is 8.71. The van der Waals surface area contributed by atoms with Gasteiger partial charge in [-0.15, -0.1) is 0 Å². The summed E-state index contributed by atoms with van der Waals surface area (Å²) in [5.74, 6) is 0.591.